The summed E-state index contributed by atoms with van der Waals surface area (Å²) in [5.41, 5.74) is -0.263. The van der Waals surface area contributed by atoms with Gasteiger partial charge in [-0.2, -0.15) is 0 Å². The molecule has 3 rings (SSSR count). The summed E-state index contributed by atoms with van der Waals surface area (Å²) in [4.78, 5) is 12.1. The van der Waals surface area contributed by atoms with Crippen molar-refractivity contribution in [1.29, 1.82) is 0 Å². The largest absolute Gasteiger partial charge is 0.487 e. The quantitative estimate of drug-likeness (QED) is 0.642. The number of ketones is 1. The predicted octanol–water partition coefficient (Wildman–Crippen LogP) is 5.43. The van der Waals surface area contributed by atoms with Crippen LogP contribution >= 0.6 is 39.1 Å². The number of halogens is 3. The van der Waals surface area contributed by atoms with Gasteiger partial charge in [0.05, 0.1) is 15.5 Å². The zero-order valence-electron chi connectivity index (χ0n) is 10.9. The third-order valence-corrected chi connectivity index (χ3v) is 6.02. The van der Waals surface area contributed by atoms with E-state index in [9.17, 15) is 4.79 Å². The van der Waals surface area contributed by atoms with E-state index in [0.29, 0.717) is 28.0 Å². The summed E-state index contributed by atoms with van der Waals surface area (Å²) >= 11 is 15.6. The molecule has 2 fully saturated rings. The molecule has 20 heavy (non-hydrogen) atoms. The lowest BCUT2D eigenvalue weighted by Gasteiger charge is -2.49. The standard InChI is InChI=1S/C15H15BrCl2O2/c16-9-6-11(18)12(7-10(9)17)20-14-8-13(19)15(14)4-2-1-3-5-15/h6-7,14H,1-5,8H2. The molecule has 0 bridgehead atoms. The summed E-state index contributed by atoms with van der Waals surface area (Å²) in [7, 11) is 0. The highest BCUT2D eigenvalue weighted by molar-refractivity contribution is 9.10. The number of hydrogen-bond donors (Lipinski definition) is 0. The van der Waals surface area contributed by atoms with Crippen LogP contribution in [0.2, 0.25) is 10.0 Å². The van der Waals surface area contributed by atoms with Crippen molar-refractivity contribution in [3.63, 3.8) is 0 Å². The lowest BCUT2D eigenvalue weighted by molar-refractivity contribution is -0.156. The van der Waals surface area contributed by atoms with Crippen LogP contribution in [0, 0.1) is 5.41 Å². The van der Waals surface area contributed by atoms with E-state index < -0.39 is 0 Å². The first-order chi connectivity index (χ1) is 9.53. The Morgan fingerprint density at radius 3 is 2.50 bits per heavy atom. The van der Waals surface area contributed by atoms with Crippen molar-refractivity contribution in [3.8, 4) is 5.75 Å². The van der Waals surface area contributed by atoms with Crippen LogP contribution in [-0.2, 0) is 4.79 Å². The summed E-state index contributed by atoms with van der Waals surface area (Å²) < 4.78 is 6.77. The molecule has 2 aliphatic carbocycles. The fraction of sp³-hybridized carbons (Fsp3) is 0.533. The van der Waals surface area contributed by atoms with Crippen LogP contribution in [-0.4, -0.2) is 11.9 Å². The lowest BCUT2D eigenvalue weighted by atomic mass is 9.57. The minimum Gasteiger partial charge on any atom is -0.487 e. The number of ether oxygens (including phenoxy) is 1. The fourth-order valence-electron chi connectivity index (χ4n) is 3.30. The third kappa shape index (κ3) is 2.38. The van der Waals surface area contributed by atoms with E-state index in [0.717, 1.165) is 30.2 Å². The molecular formula is C15H15BrCl2O2. The zero-order chi connectivity index (χ0) is 14.3. The molecule has 108 valence electrons. The summed E-state index contributed by atoms with van der Waals surface area (Å²) in [6.07, 6.45) is 5.76. The molecule has 2 saturated carbocycles. The normalized spacial score (nSPS) is 24.6. The molecule has 0 heterocycles. The number of carbonyl (C=O) groups is 1. The van der Waals surface area contributed by atoms with Gasteiger partial charge in [-0.1, -0.05) is 42.5 Å². The lowest BCUT2D eigenvalue weighted by Crippen LogP contribution is -2.57. The summed E-state index contributed by atoms with van der Waals surface area (Å²) in [5, 5.41) is 1.08. The molecule has 1 aromatic rings. The molecule has 2 aliphatic rings. The molecule has 0 radical (unpaired) electrons. The first-order valence-electron chi connectivity index (χ1n) is 6.87. The van der Waals surface area contributed by atoms with Gasteiger partial charge in [-0.25, -0.2) is 0 Å². The maximum Gasteiger partial charge on any atom is 0.146 e. The van der Waals surface area contributed by atoms with Crippen molar-refractivity contribution in [2.45, 2.75) is 44.6 Å². The number of Topliss-reactive ketones (excluding diaryl/α,β-unsaturated/α-hetero) is 1. The highest BCUT2D eigenvalue weighted by atomic mass is 79.9. The molecule has 1 spiro atoms. The van der Waals surface area contributed by atoms with E-state index in [1.54, 1.807) is 12.1 Å². The number of carbonyl (C=O) groups excluding carboxylic acids is 1. The van der Waals surface area contributed by atoms with Crippen molar-refractivity contribution in [2.75, 3.05) is 0 Å². The van der Waals surface area contributed by atoms with Gasteiger partial charge in [0.1, 0.15) is 17.6 Å². The minimum atomic E-state index is -0.263. The summed E-state index contributed by atoms with van der Waals surface area (Å²) in [6, 6.07) is 3.44. The van der Waals surface area contributed by atoms with E-state index in [4.69, 9.17) is 27.9 Å². The molecule has 2 nitrogen and oxygen atoms in total. The Hall–Kier alpha value is -0.250. The van der Waals surface area contributed by atoms with Gasteiger partial charge in [-0.15, -0.1) is 0 Å². The van der Waals surface area contributed by atoms with Crippen LogP contribution < -0.4 is 4.74 Å². The van der Waals surface area contributed by atoms with Crippen LogP contribution in [0.25, 0.3) is 0 Å². The Morgan fingerprint density at radius 1 is 1.15 bits per heavy atom. The van der Waals surface area contributed by atoms with Crippen LogP contribution in [0.5, 0.6) is 5.75 Å². The summed E-state index contributed by atoms with van der Waals surface area (Å²) in [5.74, 6) is 0.920. The van der Waals surface area contributed by atoms with Gasteiger partial charge >= 0.3 is 0 Å². The van der Waals surface area contributed by atoms with Crippen molar-refractivity contribution in [1.82, 2.24) is 0 Å². The smallest absolute Gasteiger partial charge is 0.146 e. The Kier molecular flexibility index (Phi) is 4.04. The maximum atomic E-state index is 12.1. The minimum absolute atomic E-state index is 0.0509. The van der Waals surface area contributed by atoms with Crippen molar-refractivity contribution in [3.05, 3.63) is 26.7 Å². The molecule has 1 unspecified atom stereocenters. The molecular weight excluding hydrogens is 363 g/mol. The third-order valence-electron chi connectivity index (χ3n) is 4.53. The first-order valence-corrected chi connectivity index (χ1v) is 8.42. The topological polar surface area (TPSA) is 26.3 Å². The number of hydrogen-bond acceptors (Lipinski definition) is 2. The molecule has 0 aromatic heterocycles. The molecule has 1 atom stereocenters. The van der Waals surface area contributed by atoms with E-state index in [1.807, 2.05) is 0 Å². The second kappa shape index (κ2) is 5.51. The van der Waals surface area contributed by atoms with E-state index in [1.165, 1.54) is 6.42 Å². The second-order valence-corrected chi connectivity index (χ2v) is 7.32. The molecule has 1 aromatic carbocycles. The highest BCUT2D eigenvalue weighted by Crippen LogP contribution is 2.51. The van der Waals surface area contributed by atoms with Crippen molar-refractivity contribution < 1.29 is 9.53 Å². The van der Waals surface area contributed by atoms with E-state index in [-0.39, 0.29) is 11.5 Å². The van der Waals surface area contributed by atoms with Gasteiger partial charge in [0.25, 0.3) is 0 Å². The van der Waals surface area contributed by atoms with Gasteiger partial charge in [-0.05, 0) is 34.8 Å². The Labute approximate surface area is 136 Å². The average molecular weight is 378 g/mol. The zero-order valence-corrected chi connectivity index (χ0v) is 14.0. The van der Waals surface area contributed by atoms with Crippen molar-refractivity contribution >= 4 is 44.9 Å². The van der Waals surface area contributed by atoms with E-state index in [2.05, 4.69) is 15.9 Å². The predicted molar refractivity (Wildman–Crippen MR) is 83.7 cm³/mol. The molecule has 0 N–H and O–H groups in total. The monoisotopic (exact) mass is 376 g/mol. The van der Waals surface area contributed by atoms with Crippen LogP contribution in [0.4, 0.5) is 0 Å². The van der Waals surface area contributed by atoms with Crippen molar-refractivity contribution in [2.24, 2.45) is 5.41 Å². The van der Waals surface area contributed by atoms with Gasteiger partial charge in [0, 0.05) is 17.0 Å². The Morgan fingerprint density at radius 2 is 1.85 bits per heavy atom. The highest BCUT2D eigenvalue weighted by Gasteiger charge is 2.56. The maximum absolute atomic E-state index is 12.1. The second-order valence-electron chi connectivity index (χ2n) is 5.65. The van der Waals surface area contributed by atoms with Gasteiger partial charge in [0.15, 0.2) is 0 Å². The Balaban J connectivity index is 1.81. The van der Waals surface area contributed by atoms with Crippen LogP contribution in [0.1, 0.15) is 38.5 Å². The summed E-state index contributed by atoms with van der Waals surface area (Å²) in [6.45, 7) is 0. The number of rotatable bonds is 2. The number of benzene rings is 1. The van der Waals surface area contributed by atoms with Gasteiger partial charge < -0.3 is 4.74 Å². The Bertz CT molecular complexity index is 553. The van der Waals surface area contributed by atoms with Crippen LogP contribution in [0.15, 0.2) is 16.6 Å². The molecule has 0 aliphatic heterocycles. The molecule has 0 saturated heterocycles. The first kappa shape index (κ1) is 14.7. The van der Waals surface area contributed by atoms with E-state index >= 15 is 0 Å². The van der Waals surface area contributed by atoms with Gasteiger partial charge in [0.2, 0.25) is 0 Å². The molecule has 0 amide bonds. The average Bonchev–Trinajstić information content (AvgIpc) is 2.45. The van der Waals surface area contributed by atoms with Gasteiger partial charge in [-0.3, -0.25) is 4.79 Å². The molecule has 5 heteroatoms. The van der Waals surface area contributed by atoms with Crippen LogP contribution in [0.3, 0.4) is 0 Å². The SMILES string of the molecule is O=C1CC(Oc2cc(Cl)c(Br)cc2Cl)C12CCCCC2. The fourth-order valence-corrected chi connectivity index (χ4v) is 4.14.